The van der Waals surface area contributed by atoms with E-state index in [0.29, 0.717) is 6.54 Å². The summed E-state index contributed by atoms with van der Waals surface area (Å²) in [4.78, 5) is 12.8. The Morgan fingerprint density at radius 3 is 2.71 bits per heavy atom. The van der Waals surface area contributed by atoms with Gasteiger partial charge in [-0.2, -0.15) is 0 Å². The second-order valence-electron chi connectivity index (χ2n) is 4.29. The highest BCUT2D eigenvalue weighted by molar-refractivity contribution is 5.85. The van der Waals surface area contributed by atoms with Gasteiger partial charge in [0.05, 0.1) is 6.42 Å². The quantitative estimate of drug-likeness (QED) is 0.901. The van der Waals surface area contributed by atoms with Gasteiger partial charge in [-0.15, -0.1) is 12.4 Å². The zero-order valence-electron chi connectivity index (χ0n) is 9.76. The van der Waals surface area contributed by atoms with Gasteiger partial charge in [0, 0.05) is 13.1 Å². The van der Waals surface area contributed by atoms with Crippen LogP contribution in [-0.2, 0) is 17.8 Å². The predicted molar refractivity (Wildman–Crippen MR) is 69.5 cm³/mol. The predicted octanol–water partition coefficient (Wildman–Crippen LogP) is 2.33. The Bertz CT molecular complexity index is 381. The van der Waals surface area contributed by atoms with Crippen molar-refractivity contribution in [3.63, 3.8) is 0 Å². The SMILES string of the molecule is Cl.O=C(O)CCN1CCCc2ccccc2C1. The number of carboxylic acid groups (broad SMARTS) is 1. The summed E-state index contributed by atoms with van der Waals surface area (Å²) in [5, 5.41) is 8.68. The van der Waals surface area contributed by atoms with Crippen LogP contribution in [0, 0.1) is 0 Å². The van der Waals surface area contributed by atoms with Crippen LogP contribution in [0.2, 0.25) is 0 Å². The van der Waals surface area contributed by atoms with Gasteiger partial charge in [0.15, 0.2) is 0 Å². The van der Waals surface area contributed by atoms with Gasteiger partial charge in [-0.25, -0.2) is 0 Å². The molecule has 1 N–H and O–H groups in total. The van der Waals surface area contributed by atoms with Crippen molar-refractivity contribution in [2.75, 3.05) is 13.1 Å². The second-order valence-corrected chi connectivity index (χ2v) is 4.29. The molecule has 1 aromatic carbocycles. The molecule has 0 bridgehead atoms. The lowest BCUT2D eigenvalue weighted by Gasteiger charge is -2.19. The average molecular weight is 256 g/mol. The maximum absolute atomic E-state index is 10.5. The van der Waals surface area contributed by atoms with Gasteiger partial charge in [0.1, 0.15) is 0 Å². The van der Waals surface area contributed by atoms with Crippen LogP contribution in [0.15, 0.2) is 24.3 Å². The van der Waals surface area contributed by atoms with E-state index in [0.717, 1.165) is 25.9 Å². The Labute approximate surface area is 108 Å². The van der Waals surface area contributed by atoms with Gasteiger partial charge in [-0.3, -0.25) is 9.69 Å². The molecule has 0 saturated carbocycles. The lowest BCUT2D eigenvalue weighted by molar-refractivity contribution is -0.137. The van der Waals surface area contributed by atoms with Crippen LogP contribution in [0.5, 0.6) is 0 Å². The van der Waals surface area contributed by atoms with Crippen molar-refractivity contribution in [1.29, 1.82) is 0 Å². The molecule has 2 rings (SSSR count). The molecule has 0 atom stereocenters. The number of aryl methyl sites for hydroxylation is 1. The van der Waals surface area contributed by atoms with Crippen LogP contribution in [-0.4, -0.2) is 29.1 Å². The van der Waals surface area contributed by atoms with E-state index in [1.165, 1.54) is 11.1 Å². The first kappa shape index (κ1) is 14.0. The Balaban J connectivity index is 0.00000144. The summed E-state index contributed by atoms with van der Waals surface area (Å²) >= 11 is 0. The molecule has 4 heteroatoms. The van der Waals surface area contributed by atoms with Crippen LogP contribution in [0.3, 0.4) is 0 Å². The largest absolute Gasteiger partial charge is 0.481 e. The molecule has 94 valence electrons. The van der Waals surface area contributed by atoms with Gasteiger partial charge in [-0.05, 0) is 30.5 Å². The van der Waals surface area contributed by atoms with Crippen molar-refractivity contribution >= 4 is 18.4 Å². The van der Waals surface area contributed by atoms with E-state index in [9.17, 15) is 4.79 Å². The summed E-state index contributed by atoms with van der Waals surface area (Å²) < 4.78 is 0. The number of rotatable bonds is 3. The van der Waals surface area contributed by atoms with E-state index in [4.69, 9.17) is 5.11 Å². The van der Waals surface area contributed by atoms with Crippen LogP contribution in [0.25, 0.3) is 0 Å². The van der Waals surface area contributed by atoms with E-state index in [-0.39, 0.29) is 18.8 Å². The molecule has 1 heterocycles. The number of carboxylic acids is 1. The highest BCUT2D eigenvalue weighted by Gasteiger charge is 2.14. The summed E-state index contributed by atoms with van der Waals surface area (Å²) in [5.41, 5.74) is 2.77. The smallest absolute Gasteiger partial charge is 0.304 e. The lowest BCUT2D eigenvalue weighted by Crippen LogP contribution is -2.26. The van der Waals surface area contributed by atoms with Crippen LogP contribution in [0.4, 0.5) is 0 Å². The van der Waals surface area contributed by atoms with E-state index in [1.54, 1.807) is 0 Å². The molecule has 0 spiro atoms. The van der Waals surface area contributed by atoms with Crippen molar-refractivity contribution in [2.45, 2.75) is 25.8 Å². The number of benzene rings is 1. The third kappa shape index (κ3) is 4.02. The third-order valence-corrected chi connectivity index (χ3v) is 3.07. The molecule has 0 aliphatic carbocycles. The van der Waals surface area contributed by atoms with Crippen molar-refractivity contribution in [1.82, 2.24) is 4.90 Å². The molecule has 0 radical (unpaired) electrons. The molecular formula is C13H18ClNO2. The number of hydrogen-bond acceptors (Lipinski definition) is 2. The zero-order valence-corrected chi connectivity index (χ0v) is 10.6. The summed E-state index contributed by atoms with van der Waals surface area (Å²) in [6.07, 6.45) is 2.47. The zero-order chi connectivity index (χ0) is 11.4. The maximum atomic E-state index is 10.5. The number of fused-ring (bicyclic) bond motifs is 1. The first-order valence-electron chi connectivity index (χ1n) is 5.76. The van der Waals surface area contributed by atoms with Gasteiger partial charge >= 0.3 is 5.97 Å². The van der Waals surface area contributed by atoms with Gasteiger partial charge < -0.3 is 5.11 Å². The third-order valence-electron chi connectivity index (χ3n) is 3.07. The summed E-state index contributed by atoms with van der Waals surface area (Å²) in [5.74, 6) is -0.711. The lowest BCUT2D eigenvalue weighted by atomic mass is 10.0. The highest BCUT2D eigenvalue weighted by atomic mass is 35.5. The Morgan fingerprint density at radius 2 is 2.00 bits per heavy atom. The standard InChI is InChI=1S/C13H17NO2.ClH/c15-13(16)7-9-14-8-3-6-11-4-1-2-5-12(11)10-14;/h1-2,4-5H,3,6-10H2,(H,15,16);1H. The summed E-state index contributed by atoms with van der Waals surface area (Å²) in [6, 6.07) is 8.45. The van der Waals surface area contributed by atoms with Crippen molar-refractivity contribution < 1.29 is 9.90 Å². The highest BCUT2D eigenvalue weighted by Crippen LogP contribution is 2.18. The second kappa shape index (κ2) is 6.62. The number of nitrogens with zero attached hydrogens (tertiary/aromatic N) is 1. The Morgan fingerprint density at radius 1 is 1.29 bits per heavy atom. The van der Waals surface area contributed by atoms with E-state index in [2.05, 4.69) is 29.2 Å². The molecule has 0 aromatic heterocycles. The monoisotopic (exact) mass is 255 g/mol. The van der Waals surface area contributed by atoms with Gasteiger partial charge in [-0.1, -0.05) is 24.3 Å². The van der Waals surface area contributed by atoms with Crippen molar-refractivity contribution in [3.8, 4) is 0 Å². The normalized spacial score (nSPS) is 15.5. The van der Waals surface area contributed by atoms with Crippen molar-refractivity contribution in [3.05, 3.63) is 35.4 Å². The number of hydrogen-bond donors (Lipinski definition) is 1. The molecule has 0 saturated heterocycles. The van der Waals surface area contributed by atoms with Crippen LogP contribution in [0.1, 0.15) is 24.0 Å². The van der Waals surface area contributed by atoms with Gasteiger partial charge in [0.25, 0.3) is 0 Å². The van der Waals surface area contributed by atoms with E-state index < -0.39 is 5.97 Å². The van der Waals surface area contributed by atoms with Crippen LogP contribution >= 0.6 is 12.4 Å². The molecule has 0 fully saturated rings. The molecule has 1 aliphatic heterocycles. The average Bonchev–Trinajstić information content (AvgIpc) is 2.47. The number of halogens is 1. The summed E-state index contributed by atoms with van der Waals surface area (Å²) in [6.45, 7) is 2.55. The van der Waals surface area contributed by atoms with Crippen LogP contribution < -0.4 is 0 Å². The first-order valence-corrected chi connectivity index (χ1v) is 5.76. The fourth-order valence-corrected chi connectivity index (χ4v) is 2.21. The fourth-order valence-electron chi connectivity index (χ4n) is 2.21. The number of aliphatic carboxylic acids is 1. The Kier molecular flexibility index (Phi) is 5.45. The summed E-state index contributed by atoms with van der Waals surface area (Å²) in [7, 11) is 0. The number of carbonyl (C=O) groups is 1. The molecule has 17 heavy (non-hydrogen) atoms. The minimum atomic E-state index is -0.711. The molecule has 1 aliphatic rings. The molecular weight excluding hydrogens is 238 g/mol. The molecule has 0 unspecified atom stereocenters. The Hall–Kier alpha value is -1.06. The van der Waals surface area contributed by atoms with Gasteiger partial charge in [0.2, 0.25) is 0 Å². The van der Waals surface area contributed by atoms with Crippen molar-refractivity contribution in [2.24, 2.45) is 0 Å². The molecule has 0 amide bonds. The maximum Gasteiger partial charge on any atom is 0.304 e. The van der Waals surface area contributed by atoms with E-state index in [1.807, 2.05) is 0 Å². The fraction of sp³-hybridized carbons (Fsp3) is 0.462. The minimum Gasteiger partial charge on any atom is -0.481 e. The minimum absolute atomic E-state index is 0. The molecule has 1 aromatic rings. The first-order chi connectivity index (χ1) is 7.75. The molecule has 3 nitrogen and oxygen atoms in total. The van der Waals surface area contributed by atoms with E-state index >= 15 is 0 Å². The topological polar surface area (TPSA) is 40.5 Å².